The molecule has 1 rings (SSSR count). The second kappa shape index (κ2) is 5.34. The molecule has 0 fully saturated rings. The highest BCUT2D eigenvalue weighted by molar-refractivity contribution is 5.92. The van der Waals surface area contributed by atoms with Crippen LogP contribution < -0.4 is 5.32 Å². The van der Waals surface area contributed by atoms with E-state index in [0.717, 1.165) is 6.07 Å². The maximum Gasteiger partial charge on any atom is 0.295 e. The lowest BCUT2D eigenvalue weighted by Crippen LogP contribution is -2.15. The molecule has 0 aliphatic heterocycles. The van der Waals surface area contributed by atoms with E-state index in [4.69, 9.17) is 0 Å². The average Bonchev–Trinajstić information content (AvgIpc) is 2.18. The van der Waals surface area contributed by atoms with E-state index in [1.807, 2.05) is 20.8 Å². The van der Waals surface area contributed by atoms with Crippen LogP contribution in [0.4, 0.5) is 15.8 Å². The molecule has 5 nitrogen and oxygen atoms in total. The summed E-state index contributed by atoms with van der Waals surface area (Å²) in [6.07, 6.45) is 0.418. The van der Waals surface area contributed by atoms with Crippen LogP contribution in [0.5, 0.6) is 0 Å². The molecule has 1 aromatic rings. The van der Waals surface area contributed by atoms with Crippen LogP contribution in [0.2, 0.25) is 0 Å². The fraction of sp³-hybridized carbons (Fsp3) is 0.462. The first-order chi connectivity index (χ1) is 8.60. The Hall–Kier alpha value is -1.98. The van der Waals surface area contributed by atoms with E-state index in [9.17, 15) is 19.3 Å². The van der Waals surface area contributed by atoms with Gasteiger partial charge in [0.05, 0.1) is 11.0 Å². The minimum Gasteiger partial charge on any atom is -0.320 e. The van der Waals surface area contributed by atoms with E-state index in [-0.39, 0.29) is 11.1 Å². The third-order valence-electron chi connectivity index (χ3n) is 2.38. The third-order valence-corrected chi connectivity index (χ3v) is 2.38. The highest BCUT2D eigenvalue weighted by Gasteiger charge is 2.23. The predicted octanol–water partition coefficient (Wildman–Crippen LogP) is 3.28. The predicted molar refractivity (Wildman–Crippen MR) is 70.5 cm³/mol. The van der Waals surface area contributed by atoms with Crippen molar-refractivity contribution in [3.8, 4) is 0 Å². The number of rotatable bonds is 3. The van der Waals surface area contributed by atoms with E-state index in [1.165, 1.54) is 13.0 Å². The van der Waals surface area contributed by atoms with E-state index in [1.54, 1.807) is 0 Å². The Bertz CT molecular complexity index is 521. The summed E-state index contributed by atoms with van der Waals surface area (Å²) >= 11 is 0. The molecular formula is C13H17FN2O3. The summed E-state index contributed by atoms with van der Waals surface area (Å²) in [5, 5.41) is 13.4. The molecule has 0 saturated heterocycles. The molecule has 0 aliphatic carbocycles. The molecule has 0 bridgehead atoms. The minimum atomic E-state index is -0.694. The average molecular weight is 268 g/mol. The van der Waals surface area contributed by atoms with Gasteiger partial charge in [0, 0.05) is 6.92 Å². The van der Waals surface area contributed by atoms with E-state index >= 15 is 0 Å². The number of carbonyl (C=O) groups is 1. The van der Waals surface area contributed by atoms with Gasteiger partial charge in [-0.1, -0.05) is 20.8 Å². The summed E-state index contributed by atoms with van der Waals surface area (Å²) in [6, 6.07) is 2.04. The number of hydrogen-bond acceptors (Lipinski definition) is 3. The topological polar surface area (TPSA) is 72.2 Å². The summed E-state index contributed by atoms with van der Waals surface area (Å²) < 4.78 is 13.5. The Morgan fingerprint density at radius 2 is 2.00 bits per heavy atom. The van der Waals surface area contributed by atoms with Crippen molar-refractivity contribution in [2.45, 2.75) is 34.1 Å². The number of nitrogens with one attached hydrogen (secondary N) is 1. The monoisotopic (exact) mass is 268 g/mol. The molecule has 0 unspecified atom stereocenters. The fourth-order valence-corrected chi connectivity index (χ4v) is 1.82. The van der Waals surface area contributed by atoms with Crippen molar-refractivity contribution in [1.82, 2.24) is 0 Å². The van der Waals surface area contributed by atoms with Crippen LogP contribution in [0.25, 0.3) is 0 Å². The first-order valence-electron chi connectivity index (χ1n) is 5.84. The van der Waals surface area contributed by atoms with Gasteiger partial charge in [-0.15, -0.1) is 0 Å². The molecule has 0 aromatic heterocycles. The van der Waals surface area contributed by atoms with Gasteiger partial charge in [0.2, 0.25) is 5.91 Å². The molecular weight excluding hydrogens is 251 g/mol. The van der Waals surface area contributed by atoms with Crippen molar-refractivity contribution in [1.29, 1.82) is 0 Å². The number of halogens is 1. The number of nitro groups is 1. The van der Waals surface area contributed by atoms with E-state index < -0.39 is 22.3 Å². The van der Waals surface area contributed by atoms with Gasteiger partial charge < -0.3 is 5.32 Å². The van der Waals surface area contributed by atoms with Gasteiger partial charge >= 0.3 is 0 Å². The molecule has 104 valence electrons. The summed E-state index contributed by atoms with van der Waals surface area (Å²) in [7, 11) is 0. The summed E-state index contributed by atoms with van der Waals surface area (Å²) in [5.41, 5.74) is -0.104. The van der Waals surface area contributed by atoms with Crippen LogP contribution in [0.3, 0.4) is 0 Å². The first kappa shape index (κ1) is 15.1. The number of nitro benzene ring substituents is 1. The molecule has 1 amide bonds. The van der Waals surface area contributed by atoms with Crippen LogP contribution in [-0.4, -0.2) is 10.8 Å². The minimum absolute atomic E-state index is 0.0776. The zero-order valence-corrected chi connectivity index (χ0v) is 11.4. The molecule has 0 radical (unpaired) electrons. The Labute approximate surface area is 111 Å². The quantitative estimate of drug-likeness (QED) is 0.675. The van der Waals surface area contributed by atoms with Crippen LogP contribution in [0.15, 0.2) is 12.1 Å². The van der Waals surface area contributed by atoms with Gasteiger partial charge in [-0.25, -0.2) is 4.39 Å². The van der Waals surface area contributed by atoms with Crippen LogP contribution in [0.1, 0.15) is 33.3 Å². The van der Waals surface area contributed by atoms with Gasteiger partial charge in [-0.2, -0.15) is 0 Å². The maximum absolute atomic E-state index is 13.5. The Morgan fingerprint density at radius 1 is 1.42 bits per heavy atom. The number of anilines is 1. The fourth-order valence-electron chi connectivity index (χ4n) is 1.82. The van der Waals surface area contributed by atoms with Gasteiger partial charge in [0.1, 0.15) is 11.5 Å². The van der Waals surface area contributed by atoms with Crippen LogP contribution in [0, 0.1) is 21.3 Å². The molecule has 0 atom stereocenters. The summed E-state index contributed by atoms with van der Waals surface area (Å²) in [5.74, 6) is -1.11. The van der Waals surface area contributed by atoms with Gasteiger partial charge in [0.25, 0.3) is 5.69 Å². The van der Waals surface area contributed by atoms with Crippen molar-refractivity contribution in [3.63, 3.8) is 0 Å². The molecule has 0 heterocycles. The SMILES string of the molecule is CC(=O)Nc1c(CC(C)(C)C)cc(F)cc1[N+](=O)[O-]. The highest BCUT2D eigenvalue weighted by atomic mass is 19.1. The lowest BCUT2D eigenvalue weighted by Gasteiger charge is -2.20. The van der Waals surface area contributed by atoms with Crippen molar-refractivity contribution >= 4 is 17.3 Å². The van der Waals surface area contributed by atoms with Crippen molar-refractivity contribution < 1.29 is 14.1 Å². The summed E-state index contributed by atoms with van der Waals surface area (Å²) in [4.78, 5) is 21.4. The van der Waals surface area contributed by atoms with Crippen LogP contribution in [-0.2, 0) is 11.2 Å². The zero-order valence-electron chi connectivity index (χ0n) is 11.4. The van der Waals surface area contributed by atoms with Crippen molar-refractivity contribution in [3.05, 3.63) is 33.6 Å². The molecule has 1 N–H and O–H groups in total. The van der Waals surface area contributed by atoms with E-state index in [2.05, 4.69) is 5.32 Å². The Balaban J connectivity index is 3.41. The van der Waals surface area contributed by atoms with Gasteiger partial charge in [-0.05, 0) is 23.5 Å². The third kappa shape index (κ3) is 4.31. The molecule has 0 spiro atoms. The molecule has 6 heteroatoms. The second-order valence-corrected chi connectivity index (χ2v) is 5.63. The largest absolute Gasteiger partial charge is 0.320 e. The number of carbonyl (C=O) groups excluding carboxylic acids is 1. The lowest BCUT2D eigenvalue weighted by molar-refractivity contribution is -0.384. The highest BCUT2D eigenvalue weighted by Crippen LogP contribution is 2.34. The Kier molecular flexibility index (Phi) is 4.24. The van der Waals surface area contributed by atoms with Crippen LogP contribution >= 0.6 is 0 Å². The number of benzene rings is 1. The zero-order chi connectivity index (χ0) is 14.8. The molecule has 19 heavy (non-hydrogen) atoms. The smallest absolute Gasteiger partial charge is 0.295 e. The standard InChI is InChI=1S/C13H17FN2O3/c1-8(17)15-12-9(7-13(2,3)4)5-10(14)6-11(12)16(18)19/h5-6H,7H2,1-4H3,(H,15,17). The van der Waals surface area contributed by atoms with Gasteiger partial charge in [-0.3, -0.25) is 14.9 Å². The Morgan fingerprint density at radius 3 is 2.42 bits per heavy atom. The first-order valence-corrected chi connectivity index (χ1v) is 5.84. The lowest BCUT2D eigenvalue weighted by atomic mass is 9.87. The van der Waals surface area contributed by atoms with E-state index in [0.29, 0.717) is 12.0 Å². The van der Waals surface area contributed by atoms with Gasteiger partial charge in [0.15, 0.2) is 0 Å². The second-order valence-electron chi connectivity index (χ2n) is 5.63. The molecule has 0 aliphatic rings. The number of nitrogens with zero attached hydrogens (tertiary/aromatic N) is 1. The van der Waals surface area contributed by atoms with Crippen molar-refractivity contribution in [2.75, 3.05) is 5.32 Å². The number of hydrogen-bond donors (Lipinski definition) is 1. The van der Waals surface area contributed by atoms with Crippen molar-refractivity contribution in [2.24, 2.45) is 5.41 Å². The molecule has 1 aromatic carbocycles. The number of amides is 1. The maximum atomic E-state index is 13.5. The molecule has 0 saturated carbocycles. The summed E-state index contributed by atoms with van der Waals surface area (Å²) in [6.45, 7) is 7.05. The normalized spacial score (nSPS) is 11.2.